The van der Waals surface area contributed by atoms with Gasteiger partial charge < -0.3 is 10.2 Å². The SMILES string of the molecule is CCC1(C)NC(=O)C(C)N(CCc2ccsc2)C1=O. The number of nitrogens with zero attached hydrogens (tertiary/aromatic N) is 1. The first-order chi connectivity index (χ1) is 8.98. The first kappa shape index (κ1) is 14.1. The van der Waals surface area contributed by atoms with E-state index in [0.717, 1.165) is 6.42 Å². The molecule has 0 radical (unpaired) electrons. The van der Waals surface area contributed by atoms with Gasteiger partial charge in [0.1, 0.15) is 11.6 Å². The van der Waals surface area contributed by atoms with E-state index in [1.54, 1.807) is 30.1 Å². The molecule has 2 atom stereocenters. The molecule has 0 aliphatic carbocycles. The van der Waals surface area contributed by atoms with Gasteiger partial charge in [-0.15, -0.1) is 0 Å². The Hall–Kier alpha value is -1.36. The molecule has 2 rings (SSSR count). The summed E-state index contributed by atoms with van der Waals surface area (Å²) in [6.07, 6.45) is 1.41. The van der Waals surface area contributed by atoms with Crippen molar-refractivity contribution in [3.05, 3.63) is 22.4 Å². The van der Waals surface area contributed by atoms with Crippen LogP contribution < -0.4 is 5.32 Å². The summed E-state index contributed by atoms with van der Waals surface area (Å²) in [6, 6.07) is 1.67. The van der Waals surface area contributed by atoms with Crippen LogP contribution in [0.3, 0.4) is 0 Å². The Morgan fingerprint density at radius 2 is 2.21 bits per heavy atom. The molecule has 1 aliphatic rings. The van der Waals surface area contributed by atoms with Crippen molar-refractivity contribution in [1.82, 2.24) is 10.2 Å². The minimum Gasteiger partial charge on any atom is -0.340 e. The van der Waals surface area contributed by atoms with Crippen LogP contribution >= 0.6 is 11.3 Å². The number of rotatable bonds is 4. The quantitative estimate of drug-likeness (QED) is 0.914. The molecule has 2 heterocycles. The summed E-state index contributed by atoms with van der Waals surface area (Å²) in [5, 5.41) is 6.95. The molecule has 2 amide bonds. The molecule has 1 saturated heterocycles. The maximum atomic E-state index is 12.5. The third kappa shape index (κ3) is 2.66. The molecular formula is C14H20N2O2S. The highest BCUT2D eigenvalue weighted by Gasteiger charge is 2.44. The van der Waals surface area contributed by atoms with Gasteiger partial charge in [0.05, 0.1) is 0 Å². The molecule has 1 aliphatic heterocycles. The highest BCUT2D eigenvalue weighted by atomic mass is 32.1. The summed E-state index contributed by atoms with van der Waals surface area (Å²) in [6.45, 7) is 6.11. The Morgan fingerprint density at radius 3 is 2.79 bits per heavy atom. The average Bonchev–Trinajstić information content (AvgIpc) is 2.90. The maximum Gasteiger partial charge on any atom is 0.248 e. The summed E-state index contributed by atoms with van der Waals surface area (Å²) >= 11 is 1.65. The van der Waals surface area contributed by atoms with Gasteiger partial charge in [0.25, 0.3) is 0 Å². The zero-order valence-electron chi connectivity index (χ0n) is 11.6. The topological polar surface area (TPSA) is 49.4 Å². The van der Waals surface area contributed by atoms with E-state index in [4.69, 9.17) is 0 Å². The number of carbonyl (C=O) groups is 2. The Kier molecular flexibility index (Phi) is 3.94. The van der Waals surface area contributed by atoms with Crippen molar-refractivity contribution in [1.29, 1.82) is 0 Å². The molecule has 5 heteroatoms. The third-order valence-electron chi connectivity index (χ3n) is 3.91. The molecule has 1 aromatic heterocycles. The molecule has 0 bridgehead atoms. The number of amides is 2. The van der Waals surface area contributed by atoms with Crippen LogP contribution in [-0.4, -0.2) is 34.8 Å². The second-order valence-electron chi connectivity index (χ2n) is 5.23. The van der Waals surface area contributed by atoms with Crippen molar-refractivity contribution in [2.75, 3.05) is 6.54 Å². The minimum atomic E-state index is -0.752. The van der Waals surface area contributed by atoms with Crippen LogP contribution in [0.5, 0.6) is 0 Å². The highest BCUT2D eigenvalue weighted by Crippen LogP contribution is 2.21. The second-order valence-corrected chi connectivity index (χ2v) is 6.01. The molecule has 1 N–H and O–H groups in total. The van der Waals surface area contributed by atoms with Crippen molar-refractivity contribution in [3.63, 3.8) is 0 Å². The maximum absolute atomic E-state index is 12.5. The molecule has 2 unspecified atom stereocenters. The molecule has 0 aromatic carbocycles. The fourth-order valence-electron chi connectivity index (χ4n) is 2.28. The van der Waals surface area contributed by atoms with E-state index < -0.39 is 5.54 Å². The molecule has 1 aromatic rings. The minimum absolute atomic E-state index is 0.0253. The van der Waals surface area contributed by atoms with E-state index in [2.05, 4.69) is 16.8 Å². The summed E-state index contributed by atoms with van der Waals surface area (Å²) < 4.78 is 0. The van der Waals surface area contributed by atoms with Crippen LogP contribution in [0.15, 0.2) is 16.8 Å². The fraction of sp³-hybridized carbons (Fsp3) is 0.571. The van der Waals surface area contributed by atoms with Crippen molar-refractivity contribution in [2.24, 2.45) is 0 Å². The van der Waals surface area contributed by atoms with Gasteiger partial charge >= 0.3 is 0 Å². The van der Waals surface area contributed by atoms with Gasteiger partial charge in [-0.1, -0.05) is 6.92 Å². The zero-order chi connectivity index (χ0) is 14.0. The molecular weight excluding hydrogens is 260 g/mol. The van der Waals surface area contributed by atoms with E-state index in [9.17, 15) is 9.59 Å². The van der Waals surface area contributed by atoms with Gasteiger partial charge in [-0.3, -0.25) is 9.59 Å². The van der Waals surface area contributed by atoms with Crippen LogP contribution in [0, 0.1) is 0 Å². The van der Waals surface area contributed by atoms with Crippen LogP contribution in [0.4, 0.5) is 0 Å². The summed E-state index contributed by atoms with van der Waals surface area (Å²) in [7, 11) is 0. The Bertz CT molecular complexity index is 472. The van der Waals surface area contributed by atoms with Crippen molar-refractivity contribution in [2.45, 2.75) is 45.2 Å². The smallest absolute Gasteiger partial charge is 0.248 e. The van der Waals surface area contributed by atoms with Crippen molar-refractivity contribution in [3.8, 4) is 0 Å². The lowest BCUT2D eigenvalue weighted by Crippen LogP contribution is -2.68. The van der Waals surface area contributed by atoms with E-state index in [1.807, 2.05) is 12.3 Å². The first-order valence-electron chi connectivity index (χ1n) is 6.62. The van der Waals surface area contributed by atoms with Gasteiger partial charge in [-0.2, -0.15) is 11.3 Å². The number of thiophene rings is 1. The largest absolute Gasteiger partial charge is 0.340 e. The van der Waals surface area contributed by atoms with Crippen LogP contribution in [0.2, 0.25) is 0 Å². The van der Waals surface area contributed by atoms with Crippen molar-refractivity contribution < 1.29 is 9.59 Å². The van der Waals surface area contributed by atoms with E-state index in [-0.39, 0.29) is 17.9 Å². The predicted molar refractivity (Wildman–Crippen MR) is 76.0 cm³/mol. The average molecular weight is 280 g/mol. The Balaban J connectivity index is 2.11. The monoisotopic (exact) mass is 280 g/mol. The summed E-state index contributed by atoms with van der Waals surface area (Å²) in [4.78, 5) is 26.2. The van der Waals surface area contributed by atoms with Gasteiger partial charge in [0.15, 0.2) is 0 Å². The molecule has 0 saturated carbocycles. The van der Waals surface area contributed by atoms with Gasteiger partial charge in [0, 0.05) is 6.54 Å². The Labute approximate surface area is 117 Å². The fourth-order valence-corrected chi connectivity index (χ4v) is 2.99. The lowest BCUT2D eigenvalue weighted by Gasteiger charge is -2.43. The molecule has 104 valence electrons. The number of carbonyl (C=O) groups excluding carboxylic acids is 2. The van der Waals surface area contributed by atoms with E-state index in [0.29, 0.717) is 13.0 Å². The van der Waals surface area contributed by atoms with E-state index >= 15 is 0 Å². The number of nitrogens with one attached hydrogen (secondary N) is 1. The summed E-state index contributed by atoms with van der Waals surface area (Å²) in [5.74, 6) is -0.0356. The first-order valence-corrected chi connectivity index (χ1v) is 7.56. The number of hydrogen-bond donors (Lipinski definition) is 1. The standard InChI is InChI=1S/C14H20N2O2S/c1-4-14(3)13(18)16(10(2)12(17)15-14)7-5-11-6-8-19-9-11/h6,8-10H,4-5,7H2,1-3H3,(H,15,17). The van der Waals surface area contributed by atoms with Gasteiger partial charge in [-0.05, 0) is 49.1 Å². The highest BCUT2D eigenvalue weighted by molar-refractivity contribution is 7.07. The molecule has 19 heavy (non-hydrogen) atoms. The number of piperazine rings is 1. The van der Waals surface area contributed by atoms with Crippen LogP contribution in [0.25, 0.3) is 0 Å². The second kappa shape index (κ2) is 5.33. The molecule has 1 fully saturated rings. The van der Waals surface area contributed by atoms with Crippen molar-refractivity contribution >= 4 is 23.2 Å². The van der Waals surface area contributed by atoms with Gasteiger partial charge in [-0.25, -0.2) is 0 Å². The number of hydrogen-bond acceptors (Lipinski definition) is 3. The lowest BCUT2D eigenvalue weighted by atomic mass is 9.92. The Morgan fingerprint density at radius 1 is 1.47 bits per heavy atom. The van der Waals surface area contributed by atoms with E-state index in [1.165, 1.54) is 5.56 Å². The summed E-state index contributed by atoms with van der Waals surface area (Å²) in [5.41, 5.74) is 0.465. The van der Waals surface area contributed by atoms with Crippen LogP contribution in [-0.2, 0) is 16.0 Å². The van der Waals surface area contributed by atoms with Crippen LogP contribution in [0.1, 0.15) is 32.8 Å². The van der Waals surface area contributed by atoms with Gasteiger partial charge in [0.2, 0.25) is 11.8 Å². The molecule has 4 nitrogen and oxygen atoms in total. The predicted octanol–water partition coefficient (Wildman–Crippen LogP) is 1.81. The molecule has 0 spiro atoms. The zero-order valence-corrected chi connectivity index (χ0v) is 12.4. The third-order valence-corrected chi connectivity index (χ3v) is 4.64. The normalized spacial score (nSPS) is 27.5. The lowest BCUT2D eigenvalue weighted by molar-refractivity contribution is -0.153.